The van der Waals surface area contributed by atoms with Crippen molar-refractivity contribution >= 4 is 39.1 Å². The van der Waals surface area contributed by atoms with Crippen LogP contribution in [0.25, 0.3) is 0 Å². The van der Waals surface area contributed by atoms with Crippen LogP contribution in [-0.4, -0.2) is 5.11 Å². The highest BCUT2D eigenvalue weighted by atomic mass is 79.9. The Morgan fingerprint density at radius 1 is 1.11 bits per heavy atom. The molecule has 2 aromatic rings. The van der Waals surface area contributed by atoms with E-state index in [9.17, 15) is 5.11 Å². The Morgan fingerprint density at radius 2 is 1.83 bits per heavy atom. The number of rotatable bonds is 2. The van der Waals surface area contributed by atoms with Crippen LogP contribution in [0, 0.1) is 6.92 Å². The van der Waals surface area contributed by atoms with E-state index in [-0.39, 0.29) is 0 Å². The lowest BCUT2D eigenvalue weighted by Crippen LogP contribution is -2.02. The number of benzene rings is 2. The Morgan fingerprint density at radius 3 is 2.56 bits per heavy atom. The molecule has 0 saturated heterocycles. The standard InChI is InChI=1S/C14H11BrCl2O/c1-8-5-6-11(15)10(7-8)14(18)9-3-2-4-12(16)13(9)17/h2-7,14,18H,1H3. The molecule has 0 aromatic heterocycles. The quantitative estimate of drug-likeness (QED) is 0.798. The van der Waals surface area contributed by atoms with Gasteiger partial charge in [0.05, 0.1) is 10.0 Å². The summed E-state index contributed by atoms with van der Waals surface area (Å²) in [5.74, 6) is 0. The van der Waals surface area contributed by atoms with E-state index in [0.29, 0.717) is 15.6 Å². The fourth-order valence-corrected chi connectivity index (χ4v) is 2.65. The lowest BCUT2D eigenvalue weighted by molar-refractivity contribution is 0.219. The Kier molecular flexibility index (Phi) is 4.33. The van der Waals surface area contributed by atoms with Crippen LogP contribution in [0.15, 0.2) is 40.9 Å². The minimum absolute atomic E-state index is 0.389. The third-order valence-electron chi connectivity index (χ3n) is 2.72. The molecule has 94 valence electrons. The third kappa shape index (κ3) is 2.72. The van der Waals surface area contributed by atoms with Gasteiger partial charge in [-0.1, -0.05) is 69.0 Å². The van der Waals surface area contributed by atoms with Gasteiger partial charge in [-0.2, -0.15) is 0 Å². The van der Waals surface area contributed by atoms with Crippen molar-refractivity contribution in [2.45, 2.75) is 13.0 Å². The smallest absolute Gasteiger partial charge is 0.107 e. The first-order chi connectivity index (χ1) is 8.50. The van der Waals surface area contributed by atoms with Crippen LogP contribution in [0.5, 0.6) is 0 Å². The zero-order valence-electron chi connectivity index (χ0n) is 9.62. The lowest BCUT2D eigenvalue weighted by atomic mass is 10.00. The first kappa shape index (κ1) is 13.9. The van der Waals surface area contributed by atoms with Crippen molar-refractivity contribution in [1.29, 1.82) is 0 Å². The van der Waals surface area contributed by atoms with Gasteiger partial charge in [0.15, 0.2) is 0 Å². The van der Waals surface area contributed by atoms with E-state index < -0.39 is 6.10 Å². The maximum absolute atomic E-state index is 10.4. The first-order valence-electron chi connectivity index (χ1n) is 5.38. The maximum atomic E-state index is 10.4. The van der Waals surface area contributed by atoms with Crippen molar-refractivity contribution in [3.8, 4) is 0 Å². The van der Waals surface area contributed by atoms with Crippen molar-refractivity contribution in [1.82, 2.24) is 0 Å². The van der Waals surface area contributed by atoms with Crippen molar-refractivity contribution in [3.63, 3.8) is 0 Å². The predicted molar refractivity (Wildman–Crippen MR) is 79.4 cm³/mol. The molecular weight excluding hydrogens is 335 g/mol. The predicted octanol–water partition coefficient (Wildman–Crippen LogP) is 5.15. The van der Waals surface area contributed by atoms with Gasteiger partial charge in [0.25, 0.3) is 0 Å². The molecule has 1 nitrogen and oxygen atoms in total. The van der Waals surface area contributed by atoms with Crippen LogP contribution < -0.4 is 0 Å². The van der Waals surface area contributed by atoms with Gasteiger partial charge in [-0.25, -0.2) is 0 Å². The highest BCUT2D eigenvalue weighted by Crippen LogP contribution is 2.35. The van der Waals surface area contributed by atoms with E-state index in [0.717, 1.165) is 15.6 Å². The lowest BCUT2D eigenvalue weighted by Gasteiger charge is -2.16. The van der Waals surface area contributed by atoms with E-state index in [2.05, 4.69) is 15.9 Å². The number of hydrogen-bond donors (Lipinski definition) is 1. The minimum Gasteiger partial charge on any atom is -0.384 e. The van der Waals surface area contributed by atoms with Gasteiger partial charge >= 0.3 is 0 Å². The molecule has 0 amide bonds. The molecule has 1 atom stereocenters. The number of aliphatic hydroxyl groups excluding tert-OH is 1. The average Bonchev–Trinajstić information content (AvgIpc) is 2.35. The molecule has 0 aliphatic rings. The Bertz CT molecular complexity index is 582. The minimum atomic E-state index is -0.800. The largest absolute Gasteiger partial charge is 0.384 e. The zero-order chi connectivity index (χ0) is 13.3. The summed E-state index contributed by atoms with van der Waals surface area (Å²) in [7, 11) is 0. The van der Waals surface area contributed by atoms with Crippen molar-refractivity contribution in [3.05, 3.63) is 67.6 Å². The van der Waals surface area contributed by atoms with E-state index >= 15 is 0 Å². The molecule has 1 N–H and O–H groups in total. The van der Waals surface area contributed by atoms with Gasteiger partial charge in [-0.3, -0.25) is 0 Å². The van der Waals surface area contributed by atoms with E-state index in [4.69, 9.17) is 23.2 Å². The van der Waals surface area contributed by atoms with Crippen LogP contribution >= 0.6 is 39.1 Å². The number of aryl methyl sites for hydroxylation is 1. The summed E-state index contributed by atoms with van der Waals surface area (Å²) in [6.07, 6.45) is -0.800. The SMILES string of the molecule is Cc1ccc(Br)c(C(O)c2cccc(Cl)c2Cl)c1. The summed E-state index contributed by atoms with van der Waals surface area (Å²) in [5.41, 5.74) is 2.46. The van der Waals surface area contributed by atoms with E-state index in [1.807, 2.05) is 25.1 Å². The zero-order valence-corrected chi connectivity index (χ0v) is 12.7. The highest BCUT2D eigenvalue weighted by Gasteiger charge is 2.17. The normalized spacial score (nSPS) is 12.5. The van der Waals surface area contributed by atoms with Gasteiger partial charge in [0.1, 0.15) is 6.10 Å². The molecular formula is C14H11BrCl2O. The van der Waals surface area contributed by atoms with Crippen LogP contribution in [0.2, 0.25) is 10.0 Å². The van der Waals surface area contributed by atoms with E-state index in [1.165, 1.54) is 0 Å². The molecule has 1 unspecified atom stereocenters. The second-order valence-electron chi connectivity index (χ2n) is 4.07. The second kappa shape index (κ2) is 5.62. The summed E-state index contributed by atoms with van der Waals surface area (Å²) in [6.45, 7) is 1.97. The molecule has 0 aliphatic carbocycles. The molecule has 0 saturated carbocycles. The van der Waals surface area contributed by atoms with Gasteiger partial charge < -0.3 is 5.11 Å². The van der Waals surface area contributed by atoms with Crippen LogP contribution in [0.3, 0.4) is 0 Å². The average molecular weight is 346 g/mol. The highest BCUT2D eigenvalue weighted by molar-refractivity contribution is 9.10. The topological polar surface area (TPSA) is 20.2 Å². The van der Waals surface area contributed by atoms with Gasteiger partial charge in [0.2, 0.25) is 0 Å². The number of hydrogen-bond acceptors (Lipinski definition) is 1. The van der Waals surface area contributed by atoms with Crippen LogP contribution in [-0.2, 0) is 0 Å². The molecule has 2 aromatic carbocycles. The van der Waals surface area contributed by atoms with Crippen molar-refractivity contribution in [2.24, 2.45) is 0 Å². The number of aliphatic hydroxyl groups is 1. The molecule has 0 aliphatic heterocycles. The first-order valence-corrected chi connectivity index (χ1v) is 6.93. The molecule has 4 heteroatoms. The Hall–Kier alpha value is -0.540. The molecule has 0 heterocycles. The number of halogens is 3. The van der Waals surface area contributed by atoms with E-state index in [1.54, 1.807) is 18.2 Å². The fraction of sp³-hybridized carbons (Fsp3) is 0.143. The second-order valence-corrected chi connectivity index (χ2v) is 5.71. The van der Waals surface area contributed by atoms with Crippen molar-refractivity contribution < 1.29 is 5.11 Å². The monoisotopic (exact) mass is 344 g/mol. The Labute approximate surface area is 124 Å². The molecule has 0 radical (unpaired) electrons. The van der Waals surface area contributed by atoms with Crippen LogP contribution in [0.4, 0.5) is 0 Å². The maximum Gasteiger partial charge on any atom is 0.107 e. The van der Waals surface area contributed by atoms with Gasteiger partial charge in [-0.15, -0.1) is 0 Å². The third-order valence-corrected chi connectivity index (χ3v) is 4.28. The van der Waals surface area contributed by atoms with Gasteiger partial charge in [-0.05, 0) is 24.6 Å². The van der Waals surface area contributed by atoms with Gasteiger partial charge in [0, 0.05) is 10.0 Å². The summed E-state index contributed by atoms with van der Waals surface area (Å²) >= 11 is 15.5. The molecule has 0 spiro atoms. The fourth-order valence-electron chi connectivity index (χ4n) is 1.77. The molecule has 2 rings (SSSR count). The Balaban J connectivity index is 2.51. The molecule has 0 fully saturated rings. The van der Waals surface area contributed by atoms with Crippen molar-refractivity contribution in [2.75, 3.05) is 0 Å². The summed E-state index contributed by atoms with van der Waals surface area (Å²) in [4.78, 5) is 0. The summed E-state index contributed by atoms with van der Waals surface area (Å²) in [6, 6.07) is 11.0. The summed E-state index contributed by atoms with van der Waals surface area (Å²) in [5, 5.41) is 11.3. The van der Waals surface area contributed by atoms with Crippen LogP contribution in [0.1, 0.15) is 22.8 Å². The summed E-state index contributed by atoms with van der Waals surface area (Å²) < 4.78 is 0.844. The molecule has 18 heavy (non-hydrogen) atoms. The molecule has 0 bridgehead atoms.